The molecule has 1 unspecified atom stereocenters. The number of nitrogen functional groups attached to an aromatic ring is 1. The third kappa shape index (κ3) is 5.41. The van der Waals surface area contributed by atoms with Crippen LogP contribution < -0.4 is 20.8 Å². The maximum absolute atomic E-state index is 12.9. The van der Waals surface area contributed by atoms with Crippen LogP contribution in [0.3, 0.4) is 0 Å². The Morgan fingerprint density at radius 1 is 1.31 bits per heavy atom. The summed E-state index contributed by atoms with van der Waals surface area (Å²) in [6.45, 7) is 5.13. The zero-order valence-corrected chi connectivity index (χ0v) is 22.3. The zero-order chi connectivity index (χ0) is 28.6. The summed E-state index contributed by atoms with van der Waals surface area (Å²) >= 11 is 0. The topological polar surface area (TPSA) is 197 Å². The van der Waals surface area contributed by atoms with Crippen molar-refractivity contribution in [1.29, 1.82) is 0 Å². The second-order valence-corrected chi connectivity index (χ2v) is 10.4. The third-order valence-electron chi connectivity index (χ3n) is 6.68. The average molecular weight is 548 g/mol. The first-order chi connectivity index (χ1) is 18.4. The van der Waals surface area contributed by atoms with E-state index in [0.717, 1.165) is 0 Å². The number of ether oxygens (including phenoxy) is 4. The van der Waals surface area contributed by atoms with Crippen molar-refractivity contribution >= 4 is 22.7 Å². The highest BCUT2D eigenvalue weighted by Gasteiger charge is 2.37. The number of nitrogens with one attached hydrogen (secondary N) is 1. The van der Waals surface area contributed by atoms with Crippen molar-refractivity contribution in [2.75, 3.05) is 26.6 Å². The molecule has 0 saturated carbocycles. The molecule has 3 heterocycles. The standard InChI is InChI=1S/C25H33N5O9/c1-25(2,3)21(13-6-16(36-4)17(37-5)7-14(13)30(34)35)38-11-12-9-29(19-8-15(32)18(10-31)39-19)22-20(12)23(33)28-24(26)27-22/h6-7,9,15,18-19,21,31-32H,8,10-11H2,1-5H3,(H3,26,27,28,33)/t15-,18-,19-,21?/m1/s1. The fourth-order valence-electron chi connectivity index (χ4n) is 4.86. The summed E-state index contributed by atoms with van der Waals surface area (Å²) in [6.07, 6.45) is -1.44. The van der Waals surface area contributed by atoms with Crippen molar-refractivity contribution in [2.45, 2.75) is 58.3 Å². The highest BCUT2D eigenvalue weighted by Crippen LogP contribution is 2.45. The monoisotopic (exact) mass is 547 g/mol. The van der Waals surface area contributed by atoms with Gasteiger partial charge in [-0.25, -0.2) is 0 Å². The van der Waals surface area contributed by atoms with Gasteiger partial charge in [0.25, 0.3) is 11.2 Å². The van der Waals surface area contributed by atoms with Crippen molar-refractivity contribution < 1.29 is 34.1 Å². The predicted octanol–water partition coefficient (Wildman–Crippen LogP) is 2.18. The normalized spacial score (nSPS) is 20.3. The first-order valence-electron chi connectivity index (χ1n) is 12.2. The summed E-state index contributed by atoms with van der Waals surface area (Å²) in [7, 11) is 2.83. The lowest BCUT2D eigenvalue weighted by Crippen LogP contribution is -2.24. The Morgan fingerprint density at radius 2 is 1.97 bits per heavy atom. The van der Waals surface area contributed by atoms with Crippen molar-refractivity contribution in [1.82, 2.24) is 14.5 Å². The number of aliphatic hydroxyl groups excluding tert-OH is 2. The number of anilines is 1. The number of nitro groups is 1. The van der Waals surface area contributed by atoms with Crippen LogP contribution in [0.5, 0.6) is 11.5 Å². The maximum Gasteiger partial charge on any atom is 0.279 e. The fourth-order valence-corrected chi connectivity index (χ4v) is 4.86. The molecule has 1 aromatic carbocycles. The highest BCUT2D eigenvalue weighted by atomic mass is 16.6. The molecule has 2 aromatic heterocycles. The Morgan fingerprint density at radius 3 is 2.54 bits per heavy atom. The Labute approximate surface area is 223 Å². The van der Waals surface area contributed by atoms with E-state index in [1.165, 1.54) is 26.4 Å². The van der Waals surface area contributed by atoms with Gasteiger partial charge in [0.2, 0.25) is 5.95 Å². The number of aromatic amines is 1. The second kappa shape index (κ2) is 10.8. The Bertz CT molecular complexity index is 1430. The number of aromatic nitrogens is 3. The molecule has 0 bridgehead atoms. The smallest absolute Gasteiger partial charge is 0.279 e. The van der Waals surface area contributed by atoms with E-state index in [2.05, 4.69) is 9.97 Å². The first kappa shape index (κ1) is 28.3. The number of aliphatic hydroxyl groups is 2. The van der Waals surface area contributed by atoms with E-state index in [-0.39, 0.29) is 53.6 Å². The van der Waals surface area contributed by atoms with E-state index >= 15 is 0 Å². The van der Waals surface area contributed by atoms with Gasteiger partial charge in [-0.3, -0.25) is 19.9 Å². The molecule has 39 heavy (non-hydrogen) atoms. The summed E-state index contributed by atoms with van der Waals surface area (Å²) < 4.78 is 24.3. The molecule has 1 aliphatic heterocycles. The zero-order valence-electron chi connectivity index (χ0n) is 22.3. The number of nitrogens with two attached hydrogens (primary N) is 1. The molecular formula is C25H33N5O9. The van der Waals surface area contributed by atoms with E-state index in [1.54, 1.807) is 10.8 Å². The number of fused-ring (bicyclic) bond motifs is 1. The van der Waals surface area contributed by atoms with Crippen LogP contribution in [0.25, 0.3) is 11.0 Å². The van der Waals surface area contributed by atoms with Gasteiger partial charge in [-0.05, 0) is 11.5 Å². The molecule has 5 N–H and O–H groups in total. The molecule has 0 amide bonds. The summed E-state index contributed by atoms with van der Waals surface area (Å²) in [4.78, 5) is 31.2. The molecule has 14 nitrogen and oxygen atoms in total. The molecule has 1 fully saturated rings. The number of hydrogen-bond acceptors (Lipinski definition) is 11. The van der Waals surface area contributed by atoms with E-state index in [0.29, 0.717) is 11.3 Å². The molecule has 3 aromatic rings. The third-order valence-corrected chi connectivity index (χ3v) is 6.68. The number of rotatable bonds is 9. The predicted molar refractivity (Wildman–Crippen MR) is 140 cm³/mol. The van der Waals surface area contributed by atoms with Crippen LogP contribution in [0.2, 0.25) is 0 Å². The van der Waals surface area contributed by atoms with Crippen LogP contribution in [0, 0.1) is 15.5 Å². The van der Waals surface area contributed by atoms with Gasteiger partial charge in [-0.1, -0.05) is 20.8 Å². The Hall–Kier alpha value is -3.72. The second-order valence-electron chi connectivity index (χ2n) is 10.4. The lowest BCUT2D eigenvalue weighted by molar-refractivity contribution is -0.386. The van der Waals surface area contributed by atoms with Gasteiger partial charge >= 0.3 is 0 Å². The number of benzene rings is 1. The lowest BCUT2D eigenvalue weighted by Gasteiger charge is -2.31. The maximum atomic E-state index is 12.9. The summed E-state index contributed by atoms with van der Waals surface area (Å²) in [5, 5.41) is 31.9. The quantitative estimate of drug-likeness (QED) is 0.226. The van der Waals surface area contributed by atoms with E-state index in [1.807, 2.05) is 20.8 Å². The van der Waals surface area contributed by atoms with Gasteiger partial charge < -0.3 is 39.5 Å². The molecular weight excluding hydrogens is 514 g/mol. The molecule has 0 spiro atoms. The van der Waals surface area contributed by atoms with Crippen molar-refractivity contribution in [3.63, 3.8) is 0 Å². The number of methoxy groups -OCH3 is 2. The average Bonchev–Trinajstić information content (AvgIpc) is 3.42. The molecule has 0 radical (unpaired) electrons. The molecule has 1 aliphatic rings. The summed E-state index contributed by atoms with van der Waals surface area (Å²) in [5.74, 6) is 0.406. The summed E-state index contributed by atoms with van der Waals surface area (Å²) in [6, 6.07) is 2.81. The minimum Gasteiger partial charge on any atom is -0.493 e. The first-order valence-corrected chi connectivity index (χ1v) is 12.2. The van der Waals surface area contributed by atoms with E-state index in [4.69, 9.17) is 24.7 Å². The van der Waals surface area contributed by atoms with Gasteiger partial charge in [0.1, 0.15) is 12.3 Å². The van der Waals surface area contributed by atoms with Gasteiger partial charge in [-0.2, -0.15) is 4.98 Å². The van der Waals surface area contributed by atoms with Gasteiger partial charge in [0, 0.05) is 18.2 Å². The lowest BCUT2D eigenvalue weighted by atomic mass is 9.83. The van der Waals surface area contributed by atoms with Gasteiger partial charge in [0.15, 0.2) is 17.1 Å². The molecule has 212 valence electrons. The van der Waals surface area contributed by atoms with E-state index in [9.17, 15) is 25.1 Å². The van der Waals surface area contributed by atoms with Gasteiger partial charge in [0.05, 0.1) is 61.6 Å². The van der Waals surface area contributed by atoms with Crippen LogP contribution in [0.4, 0.5) is 11.6 Å². The van der Waals surface area contributed by atoms with Crippen molar-refractivity contribution in [3.05, 3.63) is 49.9 Å². The number of hydrogen-bond donors (Lipinski definition) is 4. The number of H-pyrrole nitrogens is 1. The number of nitro benzene ring substituents is 1. The largest absolute Gasteiger partial charge is 0.493 e. The molecule has 1 saturated heterocycles. The highest BCUT2D eigenvalue weighted by molar-refractivity contribution is 5.80. The van der Waals surface area contributed by atoms with Crippen molar-refractivity contribution in [2.24, 2.45) is 5.41 Å². The van der Waals surface area contributed by atoms with Gasteiger partial charge in [-0.15, -0.1) is 0 Å². The molecule has 0 aliphatic carbocycles. The summed E-state index contributed by atoms with van der Waals surface area (Å²) in [5.41, 5.74) is 5.41. The minimum atomic E-state index is -0.910. The van der Waals surface area contributed by atoms with Crippen LogP contribution >= 0.6 is 0 Å². The van der Waals surface area contributed by atoms with Crippen LogP contribution in [0.1, 0.15) is 50.7 Å². The molecule has 4 rings (SSSR count). The number of nitrogens with zero attached hydrogens (tertiary/aromatic N) is 3. The Kier molecular flexibility index (Phi) is 7.84. The van der Waals surface area contributed by atoms with Crippen LogP contribution in [-0.4, -0.2) is 62.7 Å². The van der Waals surface area contributed by atoms with E-state index < -0.39 is 40.4 Å². The van der Waals surface area contributed by atoms with Crippen LogP contribution in [0.15, 0.2) is 23.1 Å². The van der Waals surface area contributed by atoms with Crippen LogP contribution in [-0.2, 0) is 16.1 Å². The Balaban J connectivity index is 1.78. The fraction of sp³-hybridized carbons (Fsp3) is 0.520. The SMILES string of the molecule is COc1cc(C(OCc2cn([C@H]3C[C@@H](O)[C@@H](CO)O3)c3nc(N)[nH]c(=O)c23)C(C)(C)C)c([N+](=O)[O-])cc1OC. The molecule has 14 heteroatoms. The molecule has 4 atom stereocenters. The van der Waals surface area contributed by atoms with Crippen molar-refractivity contribution in [3.8, 4) is 11.5 Å². The minimum absolute atomic E-state index is 0.106.